The molecule has 5 nitrogen and oxygen atoms in total. The number of sulfonamides is 1. The van der Waals surface area contributed by atoms with E-state index in [1.165, 1.54) is 18.2 Å². The number of hydrogen-bond donors (Lipinski definition) is 1. The molecule has 4 aromatic rings. The van der Waals surface area contributed by atoms with Crippen molar-refractivity contribution in [3.05, 3.63) is 72.3 Å². The highest BCUT2D eigenvalue weighted by Gasteiger charge is 2.31. The van der Waals surface area contributed by atoms with Crippen molar-refractivity contribution in [2.45, 2.75) is 11.1 Å². The predicted molar refractivity (Wildman–Crippen MR) is 101 cm³/mol. The minimum absolute atomic E-state index is 0.00294. The zero-order valence-electron chi connectivity index (χ0n) is 14.6. The first-order chi connectivity index (χ1) is 13.6. The van der Waals surface area contributed by atoms with Crippen LogP contribution in [-0.2, 0) is 16.2 Å². The number of nitrogens with two attached hydrogens (primary N) is 1. The highest BCUT2D eigenvalue weighted by molar-refractivity contribution is 7.89. The Bertz CT molecular complexity index is 1310. The normalized spacial score (nSPS) is 12.4. The zero-order chi connectivity index (χ0) is 20.8. The summed E-state index contributed by atoms with van der Waals surface area (Å²) in [6.45, 7) is 0. The van der Waals surface area contributed by atoms with Gasteiger partial charge in [-0.1, -0.05) is 24.3 Å². The molecule has 9 heteroatoms. The lowest BCUT2D eigenvalue weighted by Gasteiger charge is -2.05. The van der Waals surface area contributed by atoms with Gasteiger partial charge in [0.1, 0.15) is 5.52 Å². The average Bonchev–Trinajstić information content (AvgIpc) is 3.10. The van der Waals surface area contributed by atoms with Gasteiger partial charge in [0.25, 0.3) is 0 Å². The number of oxazole rings is 1. The number of aromatic nitrogens is 1. The number of alkyl halides is 3. The molecule has 29 heavy (non-hydrogen) atoms. The van der Waals surface area contributed by atoms with Crippen LogP contribution in [0.25, 0.3) is 33.7 Å². The molecular formula is C20H13F3N2O3S. The van der Waals surface area contributed by atoms with Crippen molar-refractivity contribution in [2.75, 3.05) is 0 Å². The van der Waals surface area contributed by atoms with E-state index >= 15 is 0 Å². The molecule has 1 heterocycles. The monoisotopic (exact) mass is 418 g/mol. The van der Waals surface area contributed by atoms with Crippen LogP contribution in [0.4, 0.5) is 13.2 Å². The second-order valence-corrected chi connectivity index (χ2v) is 7.91. The van der Waals surface area contributed by atoms with Crippen molar-refractivity contribution in [3.63, 3.8) is 0 Å². The molecule has 0 fully saturated rings. The fourth-order valence-corrected chi connectivity index (χ4v) is 3.41. The molecule has 1 aromatic heterocycles. The molecule has 0 unspecified atom stereocenters. The molecule has 0 amide bonds. The Morgan fingerprint density at radius 2 is 1.55 bits per heavy atom. The third kappa shape index (κ3) is 3.87. The van der Waals surface area contributed by atoms with Crippen molar-refractivity contribution in [1.82, 2.24) is 4.98 Å². The molecule has 148 valence electrons. The number of halogens is 3. The second-order valence-electron chi connectivity index (χ2n) is 6.35. The van der Waals surface area contributed by atoms with Gasteiger partial charge in [-0.25, -0.2) is 18.5 Å². The van der Waals surface area contributed by atoms with Crippen molar-refractivity contribution in [3.8, 4) is 22.6 Å². The maximum absolute atomic E-state index is 12.9. The van der Waals surface area contributed by atoms with Gasteiger partial charge in [-0.05, 0) is 53.6 Å². The predicted octanol–water partition coefficient (Wildman–Crippen LogP) is 4.83. The van der Waals surface area contributed by atoms with Gasteiger partial charge < -0.3 is 4.42 Å². The van der Waals surface area contributed by atoms with Crippen LogP contribution < -0.4 is 5.14 Å². The lowest BCUT2D eigenvalue weighted by molar-refractivity contribution is -0.137. The van der Waals surface area contributed by atoms with Gasteiger partial charge in [0.05, 0.1) is 10.5 Å². The summed E-state index contributed by atoms with van der Waals surface area (Å²) in [5, 5.41) is 5.10. The maximum atomic E-state index is 12.9. The van der Waals surface area contributed by atoms with Gasteiger partial charge in [0.2, 0.25) is 15.9 Å². The molecule has 0 aliphatic heterocycles. The van der Waals surface area contributed by atoms with Crippen LogP contribution in [0.1, 0.15) is 5.56 Å². The van der Waals surface area contributed by atoms with E-state index in [9.17, 15) is 21.6 Å². The number of primary sulfonamides is 1. The van der Waals surface area contributed by atoms with Crippen LogP contribution in [0.3, 0.4) is 0 Å². The first-order valence-corrected chi connectivity index (χ1v) is 9.87. The zero-order valence-corrected chi connectivity index (χ0v) is 15.5. The molecule has 0 atom stereocenters. The Labute approximate surface area is 163 Å². The second kappa shape index (κ2) is 6.71. The van der Waals surface area contributed by atoms with Gasteiger partial charge in [0, 0.05) is 5.56 Å². The van der Waals surface area contributed by atoms with Gasteiger partial charge in [-0.2, -0.15) is 13.2 Å². The number of fused-ring (bicyclic) bond motifs is 1. The van der Waals surface area contributed by atoms with E-state index in [-0.39, 0.29) is 21.9 Å². The molecule has 0 saturated heterocycles. The highest BCUT2D eigenvalue weighted by Crippen LogP contribution is 2.33. The molecule has 0 saturated carbocycles. The maximum Gasteiger partial charge on any atom is 0.416 e. The van der Waals surface area contributed by atoms with Crippen LogP contribution in [0.2, 0.25) is 0 Å². The lowest BCUT2D eigenvalue weighted by atomic mass is 10.0. The van der Waals surface area contributed by atoms with E-state index in [2.05, 4.69) is 4.98 Å². The molecule has 0 radical (unpaired) electrons. The van der Waals surface area contributed by atoms with Crippen LogP contribution in [0.5, 0.6) is 0 Å². The van der Waals surface area contributed by atoms with Crippen LogP contribution >= 0.6 is 0 Å². The summed E-state index contributed by atoms with van der Waals surface area (Å²) in [7, 11) is -3.79. The Kier molecular flexibility index (Phi) is 4.44. The summed E-state index contributed by atoms with van der Waals surface area (Å²) in [5.74, 6) is 0.183. The summed E-state index contributed by atoms with van der Waals surface area (Å²) < 4.78 is 67.0. The molecule has 3 aromatic carbocycles. The molecule has 4 rings (SSSR count). The van der Waals surface area contributed by atoms with Crippen LogP contribution in [-0.4, -0.2) is 13.4 Å². The minimum Gasteiger partial charge on any atom is -0.436 e. The van der Waals surface area contributed by atoms with Crippen molar-refractivity contribution < 1.29 is 26.0 Å². The molecule has 0 aliphatic rings. The van der Waals surface area contributed by atoms with Crippen LogP contribution in [0, 0.1) is 0 Å². The van der Waals surface area contributed by atoms with E-state index in [1.807, 2.05) is 0 Å². The summed E-state index contributed by atoms with van der Waals surface area (Å²) in [6.07, 6.45) is -4.46. The van der Waals surface area contributed by atoms with Gasteiger partial charge >= 0.3 is 6.18 Å². The number of rotatable bonds is 3. The third-order valence-electron chi connectivity index (χ3n) is 4.34. The van der Waals surface area contributed by atoms with Crippen LogP contribution in [0.15, 0.2) is 76.0 Å². The smallest absolute Gasteiger partial charge is 0.416 e. The first kappa shape index (κ1) is 19.2. The number of hydrogen-bond acceptors (Lipinski definition) is 4. The van der Waals surface area contributed by atoms with Crippen molar-refractivity contribution in [1.29, 1.82) is 0 Å². The third-order valence-corrected chi connectivity index (χ3v) is 5.27. The van der Waals surface area contributed by atoms with Gasteiger partial charge in [0.15, 0.2) is 5.58 Å². The molecule has 0 spiro atoms. The van der Waals surface area contributed by atoms with Crippen molar-refractivity contribution >= 4 is 21.1 Å². The quantitative estimate of drug-likeness (QED) is 0.516. The summed E-state index contributed by atoms with van der Waals surface area (Å²) >= 11 is 0. The van der Waals surface area contributed by atoms with E-state index in [4.69, 9.17) is 9.56 Å². The lowest BCUT2D eigenvalue weighted by Crippen LogP contribution is -2.11. The largest absolute Gasteiger partial charge is 0.436 e. The number of benzene rings is 3. The Morgan fingerprint density at radius 1 is 0.862 bits per heavy atom. The van der Waals surface area contributed by atoms with E-state index in [0.717, 1.165) is 23.3 Å². The molecule has 0 aliphatic carbocycles. The minimum atomic E-state index is -4.46. The first-order valence-electron chi connectivity index (χ1n) is 8.33. The Morgan fingerprint density at radius 3 is 2.21 bits per heavy atom. The summed E-state index contributed by atoms with van der Waals surface area (Å²) in [4.78, 5) is 4.17. The molecule has 2 N–H and O–H groups in total. The molecule has 0 bridgehead atoms. The standard InChI is InChI=1S/C20H13F3N2O3S/c21-20(22,23)15-6-9-18-17(11-15)25-19(28-18)14-3-1-2-13(10-14)12-4-7-16(8-5-12)29(24,26)27/h1-11H,(H2,24,26,27). The molecular weight excluding hydrogens is 405 g/mol. The van der Waals surface area contributed by atoms with E-state index < -0.39 is 21.8 Å². The number of nitrogens with zero attached hydrogens (tertiary/aromatic N) is 1. The summed E-state index contributed by atoms with van der Waals surface area (Å²) in [6, 6.07) is 16.2. The highest BCUT2D eigenvalue weighted by atomic mass is 32.2. The Balaban J connectivity index is 1.72. The van der Waals surface area contributed by atoms with E-state index in [1.54, 1.807) is 36.4 Å². The topological polar surface area (TPSA) is 86.2 Å². The Hall–Kier alpha value is -3.17. The fraction of sp³-hybridized carbons (Fsp3) is 0.0500. The SMILES string of the molecule is NS(=O)(=O)c1ccc(-c2cccc(-c3nc4cc(C(F)(F)F)ccc4o3)c2)cc1. The van der Waals surface area contributed by atoms with Gasteiger partial charge in [-0.15, -0.1) is 0 Å². The van der Waals surface area contributed by atoms with E-state index in [0.29, 0.717) is 5.56 Å². The average molecular weight is 418 g/mol. The summed E-state index contributed by atoms with van der Waals surface area (Å²) in [5.41, 5.74) is 1.61. The van der Waals surface area contributed by atoms with Crippen molar-refractivity contribution in [2.24, 2.45) is 5.14 Å². The fourth-order valence-electron chi connectivity index (χ4n) is 2.90. The van der Waals surface area contributed by atoms with Gasteiger partial charge in [-0.3, -0.25) is 0 Å².